The molecular formula is C20H31ClN2O2. The number of methoxy groups -OCH3 is 1. The molecule has 0 unspecified atom stereocenters. The van der Waals surface area contributed by atoms with Gasteiger partial charge >= 0.3 is 0 Å². The monoisotopic (exact) mass is 366 g/mol. The number of carbonyl (C=O) groups excluding carboxylic acids is 1. The first-order chi connectivity index (χ1) is 11.8. The van der Waals surface area contributed by atoms with Crippen LogP contribution in [-0.4, -0.2) is 44.1 Å². The third-order valence-corrected chi connectivity index (χ3v) is 5.64. The molecule has 2 aliphatic rings. The zero-order chi connectivity index (χ0) is 16.8. The molecule has 0 bridgehead atoms. The summed E-state index contributed by atoms with van der Waals surface area (Å²) in [6, 6.07) is 8.37. The van der Waals surface area contributed by atoms with E-state index in [-0.39, 0.29) is 12.4 Å². The van der Waals surface area contributed by atoms with Crippen molar-refractivity contribution >= 4 is 18.3 Å². The van der Waals surface area contributed by atoms with Gasteiger partial charge in [0.05, 0.1) is 7.11 Å². The fourth-order valence-electron chi connectivity index (χ4n) is 4.01. The molecule has 0 atom stereocenters. The van der Waals surface area contributed by atoms with E-state index in [1.165, 1.54) is 18.4 Å². The fraction of sp³-hybridized carbons (Fsp3) is 0.650. The minimum absolute atomic E-state index is 0. The van der Waals surface area contributed by atoms with Gasteiger partial charge in [-0.25, -0.2) is 0 Å². The zero-order valence-electron chi connectivity index (χ0n) is 15.2. The smallest absolute Gasteiger partial charge is 0.222 e. The lowest BCUT2D eigenvalue weighted by atomic mass is 9.88. The lowest BCUT2D eigenvalue weighted by Crippen LogP contribution is -2.38. The van der Waals surface area contributed by atoms with Gasteiger partial charge in [0.1, 0.15) is 5.75 Å². The van der Waals surface area contributed by atoms with Gasteiger partial charge in [0.25, 0.3) is 0 Å². The van der Waals surface area contributed by atoms with Crippen molar-refractivity contribution in [1.82, 2.24) is 10.2 Å². The molecule has 1 amide bonds. The van der Waals surface area contributed by atoms with Crippen molar-refractivity contribution in [3.8, 4) is 5.75 Å². The highest BCUT2D eigenvalue weighted by molar-refractivity contribution is 5.85. The second-order valence-electron chi connectivity index (χ2n) is 7.16. The van der Waals surface area contributed by atoms with Crippen LogP contribution in [0.25, 0.3) is 0 Å². The normalized spacial score (nSPS) is 19.3. The molecule has 2 fully saturated rings. The predicted octanol–water partition coefficient (Wildman–Crippen LogP) is 3.60. The summed E-state index contributed by atoms with van der Waals surface area (Å²) in [6.45, 7) is 4.02. The van der Waals surface area contributed by atoms with Crippen molar-refractivity contribution < 1.29 is 9.53 Å². The Kier molecular flexibility index (Phi) is 8.04. The Morgan fingerprint density at radius 2 is 1.92 bits per heavy atom. The van der Waals surface area contributed by atoms with Crippen LogP contribution < -0.4 is 10.1 Å². The second-order valence-corrected chi connectivity index (χ2v) is 7.16. The molecule has 0 aliphatic carbocycles. The number of halogens is 1. The van der Waals surface area contributed by atoms with Crippen molar-refractivity contribution in [3.05, 3.63) is 29.8 Å². The van der Waals surface area contributed by atoms with Crippen molar-refractivity contribution in [2.45, 2.75) is 44.4 Å². The molecule has 0 radical (unpaired) electrons. The third-order valence-electron chi connectivity index (χ3n) is 5.64. The van der Waals surface area contributed by atoms with Crippen molar-refractivity contribution in [3.63, 3.8) is 0 Å². The zero-order valence-corrected chi connectivity index (χ0v) is 16.0. The van der Waals surface area contributed by atoms with E-state index in [0.29, 0.717) is 11.8 Å². The highest BCUT2D eigenvalue weighted by atomic mass is 35.5. The molecule has 1 aromatic rings. The minimum Gasteiger partial charge on any atom is -0.497 e. The molecule has 2 aliphatic heterocycles. The fourth-order valence-corrected chi connectivity index (χ4v) is 4.01. The van der Waals surface area contributed by atoms with Crippen LogP contribution in [0.4, 0.5) is 0 Å². The SMILES string of the molecule is COc1cccc(C2CCN(C(=O)CCC3CCNCC3)CC2)c1.Cl. The van der Waals surface area contributed by atoms with E-state index in [0.717, 1.165) is 63.5 Å². The highest BCUT2D eigenvalue weighted by Crippen LogP contribution is 2.30. The number of nitrogens with one attached hydrogen (secondary N) is 1. The second kappa shape index (κ2) is 10.0. The number of hydrogen-bond donors (Lipinski definition) is 1. The molecule has 2 heterocycles. The molecule has 25 heavy (non-hydrogen) atoms. The lowest BCUT2D eigenvalue weighted by Gasteiger charge is -2.33. The standard InChI is InChI=1S/C20H30N2O2.ClH/c1-24-19-4-2-3-18(15-19)17-9-13-22(14-10-17)20(23)6-5-16-7-11-21-12-8-16;/h2-4,15-17,21H,5-14H2,1H3;1H. The molecule has 140 valence electrons. The summed E-state index contributed by atoms with van der Waals surface area (Å²) in [6.07, 6.45) is 6.37. The topological polar surface area (TPSA) is 41.6 Å². The van der Waals surface area contributed by atoms with Gasteiger partial charge < -0.3 is 15.0 Å². The predicted molar refractivity (Wildman–Crippen MR) is 104 cm³/mol. The summed E-state index contributed by atoms with van der Waals surface area (Å²) in [4.78, 5) is 14.6. The Morgan fingerprint density at radius 3 is 2.60 bits per heavy atom. The number of nitrogens with zero attached hydrogens (tertiary/aromatic N) is 1. The average Bonchev–Trinajstić information content (AvgIpc) is 2.67. The van der Waals surface area contributed by atoms with Gasteiger partial charge in [0, 0.05) is 19.5 Å². The Labute approximate surface area is 157 Å². The first-order valence-electron chi connectivity index (χ1n) is 9.38. The molecule has 1 N–H and O–H groups in total. The van der Waals surface area contributed by atoms with Crippen LogP contribution in [0, 0.1) is 5.92 Å². The Bertz CT molecular complexity index is 538. The number of amides is 1. The summed E-state index contributed by atoms with van der Waals surface area (Å²) < 4.78 is 5.33. The van der Waals surface area contributed by atoms with E-state index in [1.54, 1.807) is 7.11 Å². The van der Waals surface area contributed by atoms with Crippen LogP contribution in [0.2, 0.25) is 0 Å². The quantitative estimate of drug-likeness (QED) is 0.865. The maximum absolute atomic E-state index is 12.5. The Balaban J connectivity index is 0.00000225. The van der Waals surface area contributed by atoms with Gasteiger partial charge in [-0.2, -0.15) is 0 Å². The van der Waals surface area contributed by atoms with Gasteiger partial charge in [-0.15, -0.1) is 12.4 Å². The van der Waals surface area contributed by atoms with Gasteiger partial charge in [-0.3, -0.25) is 4.79 Å². The average molecular weight is 367 g/mol. The first-order valence-corrected chi connectivity index (χ1v) is 9.38. The molecule has 0 aromatic heterocycles. The van der Waals surface area contributed by atoms with Crippen LogP contribution in [0.3, 0.4) is 0 Å². The van der Waals surface area contributed by atoms with Crippen LogP contribution in [0.1, 0.15) is 50.0 Å². The number of piperidine rings is 2. The van der Waals surface area contributed by atoms with Gasteiger partial charge in [-0.1, -0.05) is 12.1 Å². The van der Waals surface area contributed by atoms with Crippen molar-refractivity contribution in [1.29, 1.82) is 0 Å². The summed E-state index contributed by atoms with van der Waals surface area (Å²) in [7, 11) is 1.71. The first kappa shape index (κ1) is 20.1. The number of benzene rings is 1. The molecule has 0 saturated carbocycles. The van der Waals surface area contributed by atoms with E-state index >= 15 is 0 Å². The van der Waals surface area contributed by atoms with E-state index in [2.05, 4.69) is 28.4 Å². The summed E-state index contributed by atoms with van der Waals surface area (Å²) in [5.74, 6) is 2.57. The maximum atomic E-state index is 12.5. The molecule has 3 rings (SSSR count). The summed E-state index contributed by atoms with van der Waals surface area (Å²) in [5, 5.41) is 3.39. The Hall–Kier alpha value is -1.26. The van der Waals surface area contributed by atoms with Crippen LogP contribution in [0.15, 0.2) is 24.3 Å². The molecule has 1 aromatic carbocycles. The molecule has 4 nitrogen and oxygen atoms in total. The molecule has 5 heteroatoms. The molecular weight excluding hydrogens is 336 g/mol. The number of rotatable bonds is 5. The van der Waals surface area contributed by atoms with E-state index in [9.17, 15) is 4.79 Å². The Morgan fingerprint density at radius 1 is 1.20 bits per heavy atom. The van der Waals surface area contributed by atoms with E-state index < -0.39 is 0 Å². The van der Waals surface area contributed by atoms with Crippen molar-refractivity contribution in [2.75, 3.05) is 33.3 Å². The van der Waals surface area contributed by atoms with Crippen molar-refractivity contribution in [2.24, 2.45) is 5.92 Å². The lowest BCUT2D eigenvalue weighted by molar-refractivity contribution is -0.132. The highest BCUT2D eigenvalue weighted by Gasteiger charge is 2.24. The van der Waals surface area contributed by atoms with Gasteiger partial charge in [-0.05, 0) is 74.7 Å². The molecule has 0 spiro atoms. The summed E-state index contributed by atoms with van der Waals surface area (Å²) >= 11 is 0. The van der Waals surface area contributed by atoms with E-state index in [1.807, 2.05) is 6.07 Å². The minimum atomic E-state index is 0. The van der Waals surface area contributed by atoms with Gasteiger partial charge in [0.2, 0.25) is 5.91 Å². The molecule has 2 saturated heterocycles. The number of hydrogen-bond acceptors (Lipinski definition) is 3. The summed E-state index contributed by atoms with van der Waals surface area (Å²) in [5.41, 5.74) is 1.34. The van der Waals surface area contributed by atoms with Crippen LogP contribution >= 0.6 is 12.4 Å². The van der Waals surface area contributed by atoms with Crippen LogP contribution in [-0.2, 0) is 4.79 Å². The van der Waals surface area contributed by atoms with Crippen LogP contribution in [0.5, 0.6) is 5.75 Å². The number of ether oxygens (including phenoxy) is 1. The number of carbonyl (C=O) groups is 1. The van der Waals surface area contributed by atoms with Gasteiger partial charge in [0.15, 0.2) is 0 Å². The number of likely N-dealkylation sites (tertiary alicyclic amines) is 1. The largest absolute Gasteiger partial charge is 0.497 e. The van der Waals surface area contributed by atoms with E-state index in [4.69, 9.17) is 4.74 Å². The maximum Gasteiger partial charge on any atom is 0.222 e. The third kappa shape index (κ3) is 5.61.